The first-order valence-electron chi connectivity index (χ1n) is 10.1. The predicted octanol–water partition coefficient (Wildman–Crippen LogP) is 2.14. The molecular formula is C20H29N3O3S. The summed E-state index contributed by atoms with van der Waals surface area (Å²) in [6.07, 6.45) is 5.92. The van der Waals surface area contributed by atoms with Crippen molar-refractivity contribution in [1.82, 2.24) is 14.5 Å². The molecule has 6 nitrogen and oxygen atoms in total. The first-order valence-corrected chi connectivity index (χ1v) is 11.6. The number of amides is 1. The van der Waals surface area contributed by atoms with Gasteiger partial charge in [-0.1, -0.05) is 12.5 Å². The van der Waals surface area contributed by atoms with Crippen LogP contribution >= 0.6 is 0 Å². The second-order valence-electron chi connectivity index (χ2n) is 8.03. The first kappa shape index (κ1) is 18.9. The van der Waals surface area contributed by atoms with E-state index in [4.69, 9.17) is 0 Å². The van der Waals surface area contributed by atoms with E-state index in [-0.39, 0.29) is 22.9 Å². The number of aryl methyl sites for hydroxylation is 1. The molecule has 0 aromatic heterocycles. The minimum absolute atomic E-state index is 0.0144. The fraction of sp³-hybridized carbons (Fsp3) is 0.650. The zero-order valence-corrected chi connectivity index (χ0v) is 16.8. The molecule has 1 amide bonds. The Hall–Kier alpha value is -1.44. The molecule has 1 aromatic carbocycles. The van der Waals surface area contributed by atoms with Crippen LogP contribution in [0.25, 0.3) is 0 Å². The minimum Gasteiger partial charge on any atom is -0.331 e. The zero-order valence-electron chi connectivity index (χ0n) is 16.0. The number of hydrogen-bond acceptors (Lipinski definition) is 4. The molecule has 3 saturated heterocycles. The van der Waals surface area contributed by atoms with Crippen LogP contribution in [0.2, 0.25) is 0 Å². The summed E-state index contributed by atoms with van der Waals surface area (Å²) < 4.78 is 27.6. The SMILES string of the molecule is Cc1ccc(S(=O)(=O)N2CCCCC2)cc1C(=O)N1C2CCNCC1CC2. The molecule has 3 heterocycles. The maximum absolute atomic E-state index is 13.4. The van der Waals surface area contributed by atoms with Gasteiger partial charge >= 0.3 is 0 Å². The Balaban J connectivity index is 1.65. The van der Waals surface area contributed by atoms with Crippen molar-refractivity contribution in [1.29, 1.82) is 0 Å². The van der Waals surface area contributed by atoms with Crippen molar-refractivity contribution in [3.05, 3.63) is 29.3 Å². The molecule has 2 bridgehead atoms. The van der Waals surface area contributed by atoms with Crippen LogP contribution in [0.3, 0.4) is 0 Å². The summed E-state index contributed by atoms with van der Waals surface area (Å²) >= 11 is 0. The number of nitrogens with one attached hydrogen (secondary N) is 1. The Labute approximate surface area is 162 Å². The second kappa shape index (κ2) is 7.53. The molecule has 1 N–H and O–H groups in total. The third-order valence-corrected chi connectivity index (χ3v) is 8.18. The van der Waals surface area contributed by atoms with Crippen LogP contribution in [0.5, 0.6) is 0 Å². The molecule has 3 aliphatic heterocycles. The van der Waals surface area contributed by atoms with Crippen LogP contribution in [0.15, 0.2) is 23.1 Å². The highest BCUT2D eigenvalue weighted by molar-refractivity contribution is 7.89. The lowest BCUT2D eigenvalue weighted by Crippen LogP contribution is -2.43. The average molecular weight is 392 g/mol. The largest absolute Gasteiger partial charge is 0.331 e. The Bertz CT molecular complexity index is 804. The zero-order chi connectivity index (χ0) is 19.0. The molecule has 1 aromatic rings. The van der Waals surface area contributed by atoms with Crippen molar-refractivity contribution in [2.75, 3.05) is 26.2 Å². The predicted molar refractivity (Wildman–Crippen MR) is 104 cm³/mol. The monoisotopic (exact) mass is 391 g/mol. The van der Waals surface area contributed by atoms with E-state index in [1.54, 1.807) is 22.5 Å². The maximum atomic E-state index is 13.4. The Kier molecular flexibility index (Phi) is 5.27. The standard InChI is InChI=1S/C20H29N3O3S/c1-15-5-8-18(27(25,26)22-11-3-2-4-12-22)13-19(15)20(24)23-16-6-7-17(23)14-21-10-9-16/h5,8,13,16-17,21H,2-4,6-7,9-12,14H2,1H3. The summed E-state index contributed by atoms with van der Waals surface area (Å²) in [6.45, 7) is 4.80. The van der Waals surface area contributed by atoms with Gasteiger partial charge in [0.2, 0.25) is 10.0 Å². The van der Waals surface area contributed by atoms with Gasteiger partial charge in [0.05, 0.1) is 4.90 Å². The van der Waals surface area contributed by atoms with Crippen LogP contribution in [0, 0.1) is 6.92 Å². The van der Waals surface area contributed by atoms with Crippen molar-refractivity contribution in [2.24, 2.45) is 0 Å². The summed E-state index contributed by atoms with van der Waals surface area (Å²) in [5, 5.41) is 3.41. The van der Waals surface area contributed by atoms with E-state index in [0.29, 0.717) is 18.7 Å². The van der Waals surface area contributed by atoms with Crippen molar-refractivity contribution in [3.63, 3.8) is 0 Å². The number of carbonyl (C=O) groups is 1. The molecule has 4 rings (SSSR count). The van der Waals surface area contributed by atoms with Crippen LogP contribution < -0.4 is 5.32 Å². The molecule has 2 unspecified atom stereocenters. The van der Waals surface area contributed by atoms with E-state index in [1.165, 1.54) is 0 Å². The van der Waals surface area contributed by atoms with Gasteiger partial charge < -0.3 is 10.2 Å². The molecule has 0 radical (unpaired) electrons. The summed E-state index contributed by atoms with van der Waals surface area (Å²) in [5.74, 6) is -0.0144. The summed E-state index contributed by atoms with van der Waals surface area (Å²) in [5.41, 5.74) is 1.38. The van der Waals surface area contributed by atoms with Crippen molar-refractivity contribution in [2.45, 2.75) is 62.4 Å². The molecule has 148 valence electrons. The number of piperidine rings is 1. The average Bonchev–Trinajstić information content (AvgIpc) is 2.94. The molecule has 27 heavy (non-hydrogen) atoms. The minimum atomic E-state index is -3.53. The third kappa shape index (κ3) is 3.52. The Morgan fingerprint density at radius 2 is 1.81 bits per heavy atom. The molecule has 3 aliphatic rings. The van der Waals surface area contributed by atoms with Crippen LogP contribution in [-0.4, -0.2) is 61.8 Å². The fourth-order valence-corrected chi connectivity index (χ4v) is 6.24. The van der Waals surface area contributed by atoms with Crippen LogP contribution in [0.1, 0.15) is 54.4 Å². The van der Waals surface area contributed by atoms with E-state index in [9.17, 15) is 13.2 Å². The van der Waals surface area contributed by atoms with Crippen molar-refractivity contribution < 1.29 is 13.2 Å². The van der Waals surface area contributed by atoms with E-state index >= 15 is 0 Å². The van der Waals surface area contributed by atoms with Crippen molar-refractivity contribution >= 4 is 15.9 Å². The lowest BCUT2D eigenvalue weighted by atomic mass is 10.1. The lowest BCUT2D eigenvalue weighted by molar-refractivity contribution is 0.0679. The van der Waals surface area contributed by atoms with E-state index in [0.717, 1.165) is 57.2 Å². The van der Waals surface area contributed by atoms with Gasteiger partial charge in [0.15, 0.2) is 0 Å². The van der Waals surface area contributed by atoms with Gasteiger partial charge in [0.1, 0.15) is 0 Å². The molecule has 7 heteroatoms. The number of hydrogen-bond donors (Lipinski definition) is 1. The number of benzene rings is 1. The number of carbonyl (C=O) groups excluding carboxylic acids is 1. The first-order chi connectivity index (χ1) is 13.0. The number of fused-ring (bicyclic) bond motifs is 2. The normalized spacial score (nSPS) is 26.8. The summed E-state index contributed by atoms with van der Waals surface area (Å²) in [7, 11) is -3.53. The van der Waals surface area contributed by atoms with E-state index in [1.807, 2.05) is 11.8 Å². The van der Waals surface area contributed by atoms with Gasteiger partial charge in [-0.2, -0.15) is 4.31 Å². The van der Waals surface area contributed by atoms with Gasteiger partial charge in [0, 0.05) is 37.3 Å². The van der Waals surface area contributed by atoms with Crippen LogP contribution in [0.4, 0.5) is 0 Å². The van der Waals surface area contributed by atoms with Gasteiger partial charge in [-0.25, -0.2) is 8.42 Å². The van der Waals surface area contributed by atoms with Crippen molar-refractivity contribution in [3.8, 4) is 0 Å². The number of nitrogens with zero attached hydrogens (tertiary/aromatic N) is 2. The highest BCUT2D eigenvalue weighted by atomic mass is 32.2. The van der Waals surface area contributed by atoms with Gasteiger partial charge in [-0.15, -0.1) is 0 Å². The topological polar surface area (TPSA) is 69.7 Å². The van der Waals surface area contributed by atoms with E-state index < -0.39 is 10.0 Å². The van der Waals surface area contributed by atoms with Gasteiger partial charge in [-0.05, 0) is 63.3 Å². The summed E-state index contributed by atoms with van der Waals surface area (Å²) in [4.78, 5) is 15.6. The molecule has 2 atom stereocenters. The highest BCUT2D eigenvalue weighted by Crippen LogP contribution is 2.31. The van der Waals surface area contributed by atoms with Gasteiger partial charge in [-0.3, -0.25) is 4.79 Å². The fourth-order valence-electron chi connectivity index (χ4n) is 4.70. The Morgan fingerprint density at radius 3 is 2.59 bits per heavy atom. The molecule has 0 saturated carbocycles. The molecular weight excluding hydrogens is 362 g/mol. The molecule has 0 aliphatic carbocycles. The second-order valence-corrected chi connectivity index (χ2v) is 9.97. The summed E-state index contributed by atoms with van der Waals surface area (Å²) in [6, 6.07) is 5.52. The maximum Gasteiger partial charge on any atom is 0.254 e. The number of sulfonamides is 1. The quantitative estimate of drug-likeness (QED) is 0.857. The highest BCUT2D eigenvalue weighted by Gasteiger charge is 2.39. The third-order valence-electron chi connectivity index (χ3n) is 6.28. The molecule has 3 fully saturated rings. The lowest BCUT2D eigenvalue weighted by Gasteiger charge is -2.29. The Morgan fingerprint density at radius 1 is 1.07 bits per heavy atom. The smallest absolute Gasteiger partial charge is 0.254 e. The van der Waals surface area contributed by atoms with E-state index in [2.05, 4.69) is 5.32 Å². The van der Waals surface area contributed by atoms with Crippen LogP contribution in [-0.2, 0) is 10.0 Å². The van der Waals surface area contributed by atoms with Gasteiger partial charge in [0.25, 0.3) is 5.91 Å². The number of rotatable bonds is 3. The molecule has 0 spiro atoms.